The van der Waals surface area contributed by atoms with Crippen molar-refractivity contribution in [3.8, 4) is 0 Å². The van der Waals surface area contributed by atoms with Crippen molar-refractivity contribution in [2.75, 3.05) is 6.54 Å². The number of hydrogen-bond donors (Lipinski definition) is 2. The second-order valence-electron chi connectivity index (χ2n) is 3.71. The van der Waals surface area contributed by atoms with E-state index in [2.05, 4.69) is 4.98 Å². The Morgan fingerprint density at radius 2 is 2.14 bits per heavy atom. The van der Waals surface area contributed by atoms with E-state index in [1.165, 1.54) is 4.88 Å². The highest BCUT2D eigenvalue weighted by atomic mass is 32.1. The van der Waals surface area contributed by atoms with Crippen molar-refractivity contribution in [2.24, 2.45) is 5.73 Å². The van der Waals surface area contributed by atoms with Crippen molar-refractivity contribution in [2.45, 2.75) is 39.2 Å². The minimum Gasteiger partial charge on any atom is -0.388 e. The number of rotatable bonds is 4. The van der Waals surface area contributed by atoms with Gasteiger partial charge >= 0.3 is 0 Å². The van der Waals surface area contributed by atoms with Crippen molar-refractivity contribution in [1.82, 2.24) is 4.98 Å². The lowest BCUT2D eigenvalue weighted by molar-refractivity contribution is 0.0455. The largest absolute Gasteiger partial charge is 0.388 e. The number of nitrogens with zero attached hydrogens (tertiary/aromatic N) is 1. The number of aliphatic hydroxyl groups is 1. The summed E-state index contributed by atoms with van der Waals surface area (Å²) in [5.41, 5.74) is 5.81. The van der Waals surface area contributed by atoms with Gasteiger partial charge in [-0.15, -0.1) is 11.3 Å². The Bertz CT molecular complexity index is 286. The van der Waals surface area contributed by atoms with Crippen molar-refractivity contribution < 1.29 is 5.11 Å². The van der Waals surface area contributed by atoms with E-state index in [-0.39, 0.29) is 0 Å². The zero-order valence-electron chi connectivity index (χ0n) is 9.00. The van der Waals surface area contributed by atoms with Gasteiger partial charge in [0.05, 0.1) is 16.3 Å². The zero-order valence-corrected chi connectivity index (χ0v) is 9.82. The minimum absolute atomic E-state index is 0.293. The van der Waals surface area contributed by atoms with Crippen molar-refractivity contribution in [1.29, 1.82) is 0 Å². The summed E-state index contributed by atoms with van der Waals surface area (Å²) in [7, 11) is 0. The second-order valence-corrected chi connectivity index (χ2v) is 5.00. The van der Waals surface area contributed by atoms with Gasteiger partial charge in [0.1, 0.15) is 0 Å². The van der Waals surface area contributed by atoms with E-state index in [9.17, 15) is 5.11 Å². The lowest BCUT2D eigenvalue weighted by Crippen LogP contribution is -2.39. The van der Waals surface area contributed by atoms with Gasteiger partial charge in [-0.2, -0.15) is 0 Å². The predicted molar refractivity (Wildman–Crippen MR) is 59.6 cm³/mol. The van der Waals surface area contributed by atoms with Crippen LogP contribution in [-0.4, -0.2) is 22.2 Å². The Morgan fingerprint density at radius 1 is 1.50 bits per heavy atom. The first-order chi connectivity index (χ1) is 6.50. The van der Waals surface area contributed by atoms with Gasteiger partial charge in [0.25, 0.3) is 0 Å². The molecular weight excluding hydrogens is 196 g/mol. The first-order valence-electron chi connectivity index (χ1n) is 4.86. The molecule has 1 rings (SSSR count). The van der Waals surface area contributed by atoms with E-state index >= 15 is 0 Å². The molecule has 4 heteroatoms. The third kappa shape index (κ3) is 2.53. The van der Waals surface area contributed by atoms with E-state index in [0.717, 1.165) is 10.7 Å². The average molecular weight is 214 g/mol. The maximum Gasteiger partial charge on any atom is 0.0960 e. The minimum atomic E-state index is -0.781. The summed E-state index contributed by atoms with van der Waals surface area (Å²) in [5.74, 6) is 0. The van der Waals surface area contributed by atoms with Crippen LogP contribution in [0.25, 0.3) is 0 Å². The first-order valence-corrected chi connectivity index (χ1v) is 5.68. The van der Waals surface area contributed by atoms with Crippen molar-refractivity contribution in [3.05, 3.63) is 15.6 Å². The number of hydrogen-bond acceptors (Lipinski definition) is 4. The van der Waals surface area contributed by atoms with Crippen LogP contribution in [0.5, 0.6) is 0 Å². The second kappa shape index (κ2) is 4.38. The topological polar surface area (TPSA) is 59.1 Å². The molecule has 3 nitrogen and oxygen atoms in total. The third-order valence-corrected chi connectivity index (χ3v) is 3.66. The molecule has 0 saturated heterocycles. The summed E-state index contributed by atoms with van der Waals surface area (Å²) in [4.78, 5) is 5.61. The van der Waals surface area contributed by atoms with Gasteiger partial charge in [-0.1, -0.05) is 6.92 Å². The van der Waals surface area contributed by atoms with Crippen LogP contribution in [0.1, 0.15) is 28.9 Å². The molecule has 80 valence electrons. The number of thiazole rings is 1. The fourth-order valence-electron chi connectivity index (χ4n) is 1.24. The highest BCUT2D eigenvalue weighted by molar-refractivity contribution is 7.11. The van der Waals surface area contributed by atoms with Crippen LogP contribution < -0.4 is 5.73 Å². The van der Waals surface area contributed by atoms with Gasteiger partial charge < -0.3 is 10.8 Å². The monoisotopic (exact) mass is 214 g/mol. The van der Waals surface area contributed by atoms with E-state index in [0.29, 0.717) is 19.4 Å². The lowest BCUT2D eigenvalue weighted by Gasteiger charge is -2.23. The van der Waals surface area contributed by atoms with E-state index in [1.54, 1.807) is 11.3 Å². The number of nitrogens with two attached hydrogens (primary N) is 1. The highest BCUT2D eigenvalue weighted by Crippen LogP contribution is 2.22. The molecule has 1 aromatic rings. The van der Waals surface area contributed by atoms with Crippen LogP contribution in [0.2, 0.25) is 0 Å². The zero-order chi connectivity index (χ0) is 10.8. The number of aryl methyl sites for hydroxylation is 2. The molecule has 0 radical (unpaired) electrons. The molecule has 1 atom stereocenters. The fraction of sp³-hybridized carbons (Fsp3) is 0.700. The summed E-state index contributed by atoms with van der Waals surface area (Å²) >= 11 is 1.65. The Balaban J connectivity index is 2.77. The molecule has 14 heavy (non-hydrogen) atoms. The predicted octanol–water partition coefficient (Wildman–Crippen LogP) is 1.40. The Labute approximate surface area is 89.0 Å². The number of aromatic nitrogens is 1. The van der Waals surface area contributed by atoms with Crippen LogP contribution in [0.3, 0.4) is 0 Å². The molecule has 1 heterocycles. The highest BCUT2D eigenvalue weighted by Gasteiger charge is 2.24. The third-order valence-electron chi connectivity index (χ3n) is 2.59. The summed E-state index contributed by atoms with van der Waals surface area (Å²) in [5, 5.41) is 11.0. The Morgan fingerprint density at radius 3 is 2.50 bits per heavy atom. The molecule has 0 amide bonds. The normalized spacial score (nSPS) is 15.5. The van der Waals surface area contributed by atoms with Gasteiger partial charge in [-0.3, -0.25) is 0 Å². The standard InChI is InChI=1S/C10H18N2OS/c1-4-10(13,6-11)5-9-12-7(2)8(3)14-9/h13H,4-6,11H2,1-3H3. The molecule has 0 spiro atoms. The summed E-state index contributed by atoms with van der Waals surface area (Å²) in [6, 6.07) is 0. The summed E-state index contributed by atoms with van der Waals surface area (Å²) < 4.78 is 0. The maximum atomic E-state index is 10.0. The van der Waals surface area contributed by atoms with Gasteiger partial charge in [0.2, 0.25) is 0 Å². The first kappa shape index (κ1) is 11.6. The van der Waals surface area contributed by atoms with E-state index in [4.69, 9.17) is 5.73 Å². The van der Waals surface area contributed by atoms with Gasteiger partial charge in [0, 0.05) is 17.8 Å². The van der Waals surface area contributed by atoms with Gasteiger partial charge in [0.15, 0.2) is 0 Å². The quantitative estimate of drug-likeness (QED) is 0.796. The molecule has 3 N–H and O–H groups in total. The van der Waals surface area contributed by atoms with Crippen LogP contribution >= 0.6 is 11.3 Å². The summed E-state index contributed by atoms with van der Waals surface area (Å²) in [6.07, 6.45) is 1.24. The molecule has 0 aromatic carbocycles. The smallest absolute Gasteiger partial charge is 0.0960 e. The average Bonchev–Trinajstić information content (AvgIpc) is 2.45. The molecule has 0 bridgehead atoms. The molecule has 0 aliphatic heterocycles. The SMILES string of the molecule is CCC(O)(CN)Cc1nc(C)c(C)s1. The van der Waals surface area contributed by atoms with Crippen LogP contribution in [-0.2, 0) is 6.42 Å². The lowest BCUT2D eigenvalue weighted by atomic mass is 9.97. The molecular formula is C10H18N2OS. The van der Waals surface area contributed by atoms with Crippen LogP contribution in [0, 0.1) is 13.8 Å². The Kier molecular flexibility index (Phi) is 3.64. The summed E-state index contributed by atoms with van der Waals surface area (Å²) in [6.45, 7) is 6.27. The fourth-order valence-corrected chi connectivity index (χ4v) is 2.31. The molecule has 0 fully saturated rings. The molecule has 1 aromatic heterocycles. The van der Waals surface area contributed by atoms with Crippen molar-refractivity contribution in [3.63, 3.8) is 0 Å². The van der Waals surface area contributed by atoms with Gasteiger partial charge in [-0.05, 0) is 20.3 Å². The molecule has 0 saturated carbocycles. The van der Waals surface area contributed by atoms with Gasteiger partial charge in [-0.25, -0.2) is 4.98 Å². The maximum absolute atomic E-state index is 10.0. The van der Waals surface area contributed by atoms with Crippen LogP contribution in [0.15, 0.2) is 0 Å². The van der Waals surface area contributed by atoms with Crippen LogP contribution in [0.4, 0.5) is 0 Å². The molecule has 1 unspecified atom stereocenters. The van der Waals surface area contributed by atoms with E-state index < -0.39 is 5.60 Å². The van der Waals surface area contributed by atoms with E-state index in [1.807, 2.05) is 20.8 Å². The molecule has 0 aliphatic carbocycles. The molecule has 0 aliphatic rings. The van der Waals surface area contributed by atoms with Crippen molar-refractivity contribution >= 4 is 11.3 Å². The Hall–Kier alpha value is -0.450.